The molecule has 3 N–H and O–H groups in total. The summed E-state index contributed by atoms with van der Waals surface area (Å²) in [7, 11) is 0. The lowest BCUT2D eigenvalue weighted by atomic mass is 9.49. The van der Waals surface area contributed by atoms with Crippen LogP contribution in [0.3, 0.4) is 0 Å². The topological polar surface area (TPSA) is 32.4 Å². The van der Waals surface area contributed by atoms with E-state index in [-0.39, 0.29) is 0 Å². The summed E-state index contributed by atoms with van der Waals surface area (Å²) in [5.74, 6) is 3.23. The van der Waals surface area contributed by atoms with Crippen molar-refractivity contribution in [1.82, 2.24) is 4.98 Å². The molecule has 0 unspecified atom stereocenters. The zero-order valence-corrected chi connectivity index (χ0v) is 16.2. The van der Waals surface area contributed by atoms with Crippen LogP contribution in [-0.4, -0.2) is 11.5 Å². The van der Waals surface area contributed by atoms with Crippen LogP contribution in [0.1, 0.15) is 74.2 Å². The molecule has 0 aliphatic heterocycles. The number of aromatic nitrogens is 1. The minimum Gasteiger partial charge on any atom is -0.353 e. The molecule has 1 aromatic carbocycles. The van der Waals surface area contributed by atoms with Crippen molar-refractivity contribution in [3.05, 3.63) is 35.0 Å². The first-order valence-electron chi connectivity index (χ1n) is 11.1. The van der Waals surface area contributed by atoms with Crippen molar-refractivity contribution in [2.75, 3.05) is 6.54 Å². The van der Waals surface area contributed by atoms with E-state index in [2.05, 4.69) is 35.4 Å². The minimum atomic E-state index is 0.666. The number of quaternary nitrogens is 1. The molecule has 4 saturated carbocycles. The molecule has 0 spiro atoms. The van der Waals surface area contributed by atoms with Gasteiger partial charge < -0.3 is 10.3 Å². The van der Waals surface area contributed by atoms with Crippen LogP contribution >= 0.6 is 0 Å². The number of rotatable bonds is 3. The molecular formula is C24H33N2+. The molecule has 0 radical (unpaired) electrons. The van der Waals surface area contributed by atoms with Crippen molar-refractivity contribution in [3.8, 4) is 0 Å². The smallest absolute Gasteiger partial charge is 0.127 e. The highest BCUT2D eigenvalue weighted by molar-refractivity contribution is 5.85. The van der Waals surface area contributed by atoms with Gasteiger partial charge in [0.2, 0.25) is 0 Å². The fraction of sp³-hybridized carbons (Fsp3) is 0.667. The zero-order chi connectivity index (χ0) is 17.3. The average molecular weight is 350 g/mol. The third kappa shape index (κ3) is 2.41. The van der Waals surface area contributed by atoms with E-state index in [4.69, 9.17) is 0 Å². The molecule has 1 aromatic heterocycles. The standard InChI is InChI=1S/C24H32N2/c1-15-5-6-21-20(7-15)19-3-2-4-22(23(19)26-21)25-14-24-11-16-8-17(12-24)10-18(9-16)13-24/h5-7,16-18,22,25-26H,2-4,8-14H2,1H3/p+1/t16?,17?,18?,22-,24?/m0/s1. The molecule has 5 aliphatic rings. The first-order valence-corrected chi connectivity index (χ1v) is 11.1. The van der Waals surface area contributed by atoms with E-state index in [1.54, 1.807) is 49.8 Å². The maximum Gasteiger partial charge on any atom is 0.127 e. The van der Waals surface area contributed by atoms with E-state index in [1.807, 2.05) is 0 Å². The Balaban J connectivity index is 1.26. The first-order chi connectivity index (χ1) is 12.7. The van der Waals surface area contributed by atoms with Gasteiger partial charge in [0.1, 0.15) is 6.04 Å². The van der Waals surface area contributed by atoms with Crippen LogP contribution in [0.25, 0.3) is 10.9 Å². The third-order valence-corrected chi connectivity index (χ3v) is 8.41. The Morgan fingerprint density at radius 1 is 1.08 bits per heavy atom. The predicted octanol–water partition coefficient (Wildman–Crippen LogP) is 4.63. The molecule has 2 nitrogen and oxygen atoms in total. The molecule has 5 aliphatic carbocycles. The molecule has 26 heavy (non-hydrogen) atoms. The van der Waals surface area contributed by atoms with Crippen LogP contribution in [0.15, 0.2) is 18.2 Å². The summed E-state index contributed by atoms with van der Waals surface area (Å²) < 4.78 is 0. The van der Waals surface area contributed by atoms with Gasteiger partial charge in [-0.25, -0.2) is 0 Å². The van der Waals surface area contributed by atoms with Crippen molar-refractivity contribution < 1.29 is 5.32 Å². The zero-order valence-electron chi connectivity index (χ0n) is 16.2. The lowest BCUT2D eigenvalue weighted by molar-refractivity contribution is -0.710. The number of aromatic amines is 1. The molecule has 0 saturated heterocycles. The van der Waals surface area contributed by atoms with Gasteiger partial charge in [-0.3, -0.25) is 0 Å². The molecule has 138 valence electrons. The van der Waals surface area contributed by atoms with Gasteiger partial charge >= 0.3 is 0 Å². The van der Waals surface area contributed by atoms with E-state index in [0.29, 0.717) is 11.5 Å². The SMILES string of the molecule is Cc1ccc2[nH]c3c(c2c1)CCC[C@@H]3[NH2+]CC12CC3CC(CC(C3)C1)C2. The second-order valence-electron chi connectivity index (χ2n) is 10.4. The Kier molecular flexibility index (Phi) is 3.40. The maximum absolute atomic E-state index is 3.82. The largest absolute Gasteiger partial charge is 0.353 e. The number of benzene rings is 1. The molecule has 7 rings (SSSR count). The lowest BCUT2D eigenvalue weighted by Gasteiger charge is -2.56. The highest BCUT2D eigenvalue weighted by Crippen LogP contribution is 2.59. The van der Waals surface area contributed by atoms with Gasteiger partial charge in [0.25, 0.3) is 0 Å². The van der Waals surface area contributed by atoms with Gasteiger partial charge in [0.15, 0.2) is 0 Å². The number of hydrogen-bond acceptors (Lipinski definition) is 0. The average Bonchev–Trinajstić information content (AvgIpc) is 2.97. The Labute approximate surface area is 157 Å². The molecule has 2 heteroatoms. The Morgan fingerprint density at radius 2 is 1.81 bits per heavy atom. The summed E-state index contributed by atoms with van der Waals surface area (Å²) in [6.45, 7) is 3.60. The highest BCUT2D eigenvalue weighted by Gasteiger charge is 2.52. The molecular weight excluding hydrogens is 316 g/mol. The van der Waals surface area contributed by atoms with E-state index in [1.165, 1.54) is 42.3 Å². The summed E-state index contributed by atoms with van der Waals surface area (Å²) >= 11 is 0. The molecule has 0 amide bonds. The van der Waals surface area contributed by atoms with Gasteiger partial charge in [0.05, 0.1) is 12.2 Å². The van der Waals surface area contributed by atoms with Gasteiger partial charge in [0, 0.05) is 22.7 Å². The molecule has 1 atom stereocenters. The van der Waals surface area contributed by atoms with Gasteiger partial charge in [-0.15, -0.1) is 0 Å². The van der Waals surface area contributed by atoms with E-state index < -0.39 is 0 Å². The van der Waals surface area contributed by atoms with E-state index >= 15 is 0 Å². The van der Waals surface area contributed by atoms with Crippen LogP contribution in [0.5, 0.6) is 0 Å². The molecule has 1 heterocycles. The second-order valence-corrected chi connectivity index (χ2v) is 10.4. The second kappa shape index (κ2) is 5.61. The van der Waals surface area contributed by atoms with Gasteiger partial charge in [-0.05, 0) is 93.7 Å². The Morgan fingerprint density at radius 3 is 2.54 bits per heavy atom. The number of aryl methyl sites for hydroxylation is 2. The summed E-state index contributed by atoms with van der Waals surface area (Å²) in [6.07, 6.45) is 13.3. The van der Waals surface area contributed by atoms with Crippen LogP contribution < -0.4 is 5.32 Å². The van der Waals surface area contributed by atoms with Crippen LogP contribution in [0.4, 0.5) is 0 Å². The quantitative estimate of drug-likeness (QED) is 0.810. The number of nitrogens with one attached hydrogen (secondary N) is 1. The number of hydrogen-bond donors (Lipinski definition) is 2. The van der Waals surface area contributed by atoms with Crippen LogP contribution in [0, 0.1) is 30.1 Å². The van der Waals surface area contributed by atoms with Gasteiger partial charge in [-0.1, -0.05) is 11.6 Å². The predicted molar refractivity (Wildman–Crippen MR) is 106 cm³/mol. The lowest BCUT2D eigenvalue weighted by Crippen LogP contribution is -2.89. The summed E-state index contributed by atoms with van der Waals surface area (Å²) in [5.41, 5.74) is 6.62. The van der Waals surface area contributed by atoms with Crippen LogP contribution in [-0.2, 0) is 6.42 Å². The van der Waals surface area contributed by atoms with E-state index in [9.17, 15) is 0 Å². The highest BCUT2D eigenvalue weighted by atomic mass is 15.0. The fourth-order valence-electron chi connectivity index (χ4n) is 7.78. The van der Waals surface area contributed by atoms with Crippen molar-refractivity contribution in [3.63, 3.8) is 0 Å². The maximum atomic E-state index is 3.82. The summed E-state index contributed by atoms with van der Waals surface area (Å²) in [4.78, 5) is 3.82. The minimum absolute atomic E-state index is 0.666. The van der Waals surface area contributed by atoms with Crippen LogP contribution in [0.2, 0.25) is 0 Å². The number of fused-ring (bicyclic) bond motifs is 3. The third-order valence-electron chi connectivity index (χ3n) is 8.41. The van der Waals surface area contributed by atoms with Crippen molar-refractivity contribution in [1.29, 1.82) is 0 Å². The monoisotopic (exact) mass is 349 g/mol. The molecule has 4 fully saturated rings. The van der Waals surface area contributed by atoms with Gasteiger partial charge in [-0.2, -0.15) is 0 Å². The summed E-state index contributed by atoms with van der Waals surface area (Å²) in [6, 6.07) is 7.60. The summed E-state index contributed by atoms with van der Waals surface area (Å²) in [5, 5.41) is 4.25. The fourth-order valence-corrected chi connectivity index (χ4v) is 7.78. The van der Waals surface area contributed by atoms with Crippen molar-refractivity contribution in [2.45, 2.75) is 70.8 Å². The van der Waals surface area contributed by atoms with Crippen molar-refractivity contribution >= 4 is 10.9 Å². The molecule has 2 aromatic rings. The Bertz CT molecular complexity index is 810. The van der Waals surface area contributed by atoms with Crippen molar-refractivity contribution in [2.24, 2.45) is 23.2 Å². The normalized spacial score (nSPS) is 38.0. The van der Waals surface area contributed by atoms with E-state index in [0.717, 1.165) is 17.8 Å². The number of H-pyrrole nitrogens is 1. The Hall–Kier alpha value is -1.28. The molecule has 4 bridgehead atoms. The first kappa shape index (κ1) is 15.7. The number of nitrogens with two attached hydrogens (primary N) is 1.